The highest BCUT2D eigenvalue weighted by Crippen LogP contribution is 2.16. The highest BCUT2D eigenvalue weighted by atomic mass is 32.2. The Bertz CT molecular complexity index is 1060. The van der Waals surface area contributed by atoms with Gasteiger partial charge in [0.2, 0.25) is 15.9 Å². The van der Waals surface area contributed by atoms with Crippen LogP contribution in [0.5, 0.6) is 0 Å². The molecule has 1 heterocycles. The molecule has 1 aromatic heterocycles. The van der Waals surface area contributed by atoms with E-state index < -0.39 is 38.7 Å². The van der Waals surface area contributed by atoms with Gasteiger partial charge in [0.05, 0.1) is 18.6 Å². The summed E-state index contributed by atoms with van der Waals surface area (Å²) in [6, 6.07) is 12.6. The molecule has 2 N–H and O–H groups in total. The summed E-state index contributed by atoms with van der Waals surface area (Å²) in [6.07, 6.45) is 2.90. The van der Waals surface area contributed by atoms with Crippen molar-refractivity contribution in [1.82, 2.24) is 24.8 Å². The summed E-state index contributed by atoms with van der Waals surface area (Å²) in [5.41, 5.74) is 0.820. The molecule has 1 unspecified atom stereocenters. The fourth-order valence-electron chi connectivity index (χ4n) is 2.74. The van der Waals surface area contributed by atoms with E-state index in [1.807, 2.05) is 30.3 Å². The summed E-state index contributed by atoms with van der Waals surface area (Å²) >= 11 is 0. The Labute approximate surface area is 167 Å². The van der Waals surface area contributed by atoms with Gasteiger partial charge in [0, 0.05) is 0 Å². The number of carbonyl (C=O) groups is 1. The van der Waals surface area contributed by atoms with Gasteiger partial charge in [0.25, 0.3) is 0 Å². The molecule has 10 heteroatoms. The average Bonchev–Trinajstić information content (AvgIpc) is 3.21. The van der Waals surface area contributed by atoms with E-state index in [-0.39, 0.29) is 0 Å². The van der Waals surface area contributed by atoms with Crippen LogP contribution in [0.15, 0.2) is 72.1 Å². The van der Waals surface area contributed by atoms with Gasteiger partial charge in [0.1, 0.15) is 23.4 Å². The number of aromatic nitrogens is 3. The number of sulfonamides is 1. The molecule has 0 aliphatic rings. The second kappa shape index (κ2) is 8.93. The normalized spacial score (nSPS) is 13.6. The van der Waals surface area contributed by atoms with Crippen LogP contribution in [0.4, 0.5) is 4.39 Å². The second-order valence-electron chi connectivity index (χ2n) is 6.36. The first kappa shape index (κ1) is 20.6. The van der Waals surface area contributed by atoms with Crippen molar-refractivity contribution in [3.8, 4) is 0 Å². The Morgan fingerprint density at radius 3 is 2.48 bits per heavy atom. The molecule has 0 radical (unpaired) electrons. The molecule has 8 nitrogen and oxygen atoms in total. The molecule has 0 saturated carbocycles. The van der Waals surface area contributed by atoms with Crippen LogP contribution in [0.2, 0.25) is 0 Å². The number of nitrogens with one attached hydrogen (secondary N) is 2. The number of hydrogen-bond acceptors (Lipinski definition) is 5. The van der Waals surface area contributed by atoms with Crippen molar-refractivity contribution in [2.24, 2.45) is 0 Å². The minimum atomic E-state index is -4.20. The summed E-state index contributed by atoms with van der Waals surface area (Å²) < 4.78 is 42.5. The first-order chi connectivity index (χ1) is 13.9. The lowest BCUT2D eigenvalue weighted by atomic mass is 10.1. The Kier molecular flexibility index (Phi) is 6.35. The van der Waals surface area contributed by atoms with Crippen LogP contribution in [0.25, 0.3) is 0 Å². The largest absolute Gasteiger partial charge is 0.346 e. The molecule has 152 valence electrons. The third-order valence-corrected chi connectivity index (χ3v) is 5.78. The fourth-order valence-corrected chi connectivity index (χ4v) is 4.02. The minimum Gasteiger partial charge on any atom is -0.346 e. The Hall–Kier alpha value is -3.11. The van der Waals surface area contributed by atoms with Crippen molar-refractivity contribution in [2.45, 2.75) is 30.4 Å². The van der Waals surface area contributed by atoms with Gasteiger partial charge < -0.3 is 5.32 Å². The quantitative estimate of drug-likeness (QED) is 0.580. The molecule has 2 aromatic carbocycles. The molecule has 0 fully saturated rings. The maximum Gasteiger partial charge on any atom is 0.244 e. The van der Waals surface area contributed by atoms with Gasteiger partial charge >= 0.3 is 0 Å². The molecule has 2 atom stereocenters. The number of benzene rings is 2. The summed E-state index contributed by atoms with van der Waals surface area (Å²) in [4.78, 5) is 16.0. The molecule has 0 saturated heterocycles. The average molecular weight is 417 g/mol. The Morgan fingerprint density at radius 2 is 1.83 bits per heavy atom. The number of nitrogens with zero attached hydrogens (tertiary/aromatic N) is 3. The lowest BCUT2D eigenvalue weighted by molar-refractivity contribution is -0.123. The van der Waals surface area contributed by atoms with E-state index in [0.29, 0.717) is 6.54 Å². The molecular formula is C19H20FN5O3S. The highest BCUT2D eigenvalue weighted by Gasteiger charge is 2.26. The van der Waals surface area contributed by atoms with Crippen molar-refractivity contribution < 1.29 is 17.6 Å². The van der Waals surface area contributed by atoms with Gasteiger partial charge in [-0.15, -0.1) is 0 Å². The van der Waals surface area contributed by atoms with Gasteiger partial charge in [-0.05, 0) is 24.6 Å². The number of halogens is 1. The van der Waals surface area contributed by atoms with Crippen LogP contribution in [-0.4, -0.2) is 35.1 Å². The zero-order valence-corrected chi connectivity index (χ0v) is 16.4. The van der Waals surface area contributed by atoms with Crippen molar-refractivity contribution in [1.29, 1.82) is 0 Å². The van der Waals surface area contributed by atoms with Gasteiger partial charge in [-0.1, -0.05) is 42.5 Å². The van der Waals surface area contributed by atoms with Crippen LogP contribution in [0.1, 0.15) is 18.5 Å². The van der Waals surface area contributed by atoms with Gasteiger partial charge in [0.15, 0.2) is 0 Å². The van der Waals surface area contributed by atoms with Crippen molar-refractivity contribution in [3.05, 3.63) is 78.6 Å². The standard InChI is InChI=1S/C19H20FN5O3S/c1-14(24-29(27,28)18-10-6-5-9-16(18)20)19(26)23-17(11-25-13-21-12-22-25)15-7-3-2-4-8-15/h2-10,12-14,17,24H,11H2,1H3,(H,23,26)/t14-,17?/m0/s1. The lowest BCUT2D eigenvalue weighted by Gasteiger charge is -2.22. The molecule has 29 heavy (non-hydrogen) atoms. The van der Waals surface area contributed by atoms with Crippen LogP contribution >= 0.6 is 0 Å². The number of rotatable bonds is 8. The smallest absolute Gasteiger partial charge is 0.244 e. The van der Waals surface area contributed by atoms with Gasteiger partial charge in [-0.3, -0.25) is 9.48 Å². The molecule has 0 bridgehead atoms. The summed E-state index contributed by atoms with van der Waals surface area (Å²) in [7, 11) is -4.20. The maximum absolute atomic E-state index is 13.8. The van der Waals surface area contributed by atoms with Crippen molar-refractivity contribution in [2.75, 3.05) is 0 Å². The number of amides is 1. The van der Waals surface area contributed by atoms with Crippen LogP contribution in [0.3, 0.4) is 0 Å². The van der Waals surface area contributed by atoms with Crippen molar-refractivity contribution in [3.63, 3.8) is 0 Å². The third kappa shape index (κ3) is 5.24. The fraction of sp³-hybridized carbons (Fsp3) is 0.211. The lowest BCUT2D eigenvalue weighted by Crippen LogP contribution is -2.46. The van der Waals surface area contributed by atoms with Gasteiger partial charge in [-0.2, -0.15) is 9.82 Å². The Morgan fingerprint density at radius 1 is 1.14 bits per heavy atom. The zero-order chi connectivity index (χ0) is 20.9. The molecular weight excluding hydrogens is 397 g/mol. The topological polar surface area (TPSA) is 106 Å². The summed E-state index contributed by atoms with van der Waals surface area (Å²) in [5, 5.41) is 6.86. The Balaban J connectivity index is 1.74. The highest BCUT2D eigenvalue weighted by molar-refractivity contribution is 7.89. The minimum absolute atomic E-state index is 0.308. The molecule has 0 spiro atoms. The SMILES string of the molecule is C[C@H](NS(=O)(=O)c1ccccc1F)C(=O)NC(Cn1cncn1)c1ccccc1. The van der Waals surface area contributed by atoms with E-state index in [2.05, 4.69) is 20.1 Å². The van der Waals surface area contributed by atoms with Crippen LogP contribution in [-0.2, 0) is 21.4 Å². The number of carbonyl (C=O) groups excluding carboxylic acids is 1. The van der Waals surface area contributed by atoms with E-state index in [1.165, 1.54) is 31.7 Å². The van der Waals surface area contributed by atoms with E-state index in [4.69, 9.17) is 0 Å². The van der Waals surface area contributed by atoms with E-state index >= 15 is 0 Å². The van der Waals surface area contributed by atoms with Crippen LogP contribution in [0, 0.1) is 5.82 Å². The predicted molar refractivity (Wildman–Crippen MR) is 104 cm³/mol. The van der Waals surface area contributed by atoms with Gasteiger partial charge in [-0.25, -0.2) is 17.8 Å². The second-order valence-corrected chi connectivity index (χ2v) is 8.05. The molecule has 0 aliphatic heterocycles. The predicted octanol–water partition coefficient (Wildman–Crippen LogP) is 1.64. The molecule has 3 rings (SSSR count). The van der Waals surface area contributed by atoms with E-state index in [9.17, 15) is 17.6 Å². The maximum atomic E-state index is 13.8. The zero-order valence-electron chi connectivity index (χ0n) is 15.6. The molecule has 3 aromatic rings. The first-order valence-electron chi connectivity index (χ1n) is 8.81. The van der Waals surface area contributed by atoms with E-state index in [0.717, 1.165) is 17.7 Å². The van der Waals surface area contributed by atoms with Crippen molar-refractivity contribution >= 4 is 15.9 Å². The summed E-state index contributed by atoms with van der Waals surface area (Å²) in [5.74, 6) is -1.44. The van der Waals surface area contributed by atoms with Crippen LogP contribution < -0.4 is 10.0 Å². The molecule has 0 aliphatic carbocycles. The first-order valence-corrected chi connectivity index (χ1v) is 10.3. The third-order valence-electron chi connectivity index (χ3n) is 4.21. The number of hydrogen-bond donors (Lipinski definition) is 2. The molecule has 1 amide bonds. The monoisotopic (exact) mass is 417 g/mol. The van der Waals surface area contributed by atoms with E-state index in [1.54, 1.807) is 4.68 Å². The summed E-state index contributed by atoms with van der Waals surface area (Å²) in [6.45, 7) is 1.70.